The molecule has 0 radical (unpaired) electrons. The smallest absolute Gasteiger partial charge is 0.294 e. The van der Waals surface area contributed by atoms with E-state index in [9.17, 15) is 26.7 Å². The lowest BCUT2D eigenvalue weighted by Crippen LogP contribution is -2.15. The van der Waals surface area contributed by atoms with Gasteiger partial charge in [-0.15, -0.1) is 0 Å². The van der Waals surface area contributed by atoms with Crippen LogP contribution in [0.2, 0.25) is 0 Å². The lowest BCUT2D eigenvalue weighted by Gasteiger charge is -2.15. The van der Waals surface area contributed by atoms with Gasteiger partial charge in [-0.3, -0.25) is 4.79 Å². The van der Waals surface area contributed by atoms with E-state index in [1.807, 2.05) is 0 Å². The van der Waals surface area contributed by atoms with Crippen LogP contribution in [0, 0.1) is 3.57 Å². The maximum Gasteiger partial charge on any atom is 0.417 e. The third-order valence-corrected chi connectivity index (χ3v) is 2.65. The van der Waals surface area contributed by atoms with Crippen molar-refractivity contribution in [3.05, 3.63) is 32.4 Å². The molecule has 1 aromatic carbocycles. The van der Waals surface area contributed by atoms with E-state index >= 15 is 0 Å². The summed E-state index contributed by atoms with van der Waals surface area (Å²) in [4.78, 5) is 11.1. The van der Waals surface area contributed by atoms with Crippen molar-refractivity contribution >= 4 is 28.4 Å². The van der Waals surface area contributed by atoms with E-state index in [0.29, 0.717) is 6.07 Å². The maximum absolute atomic E-state index is 12.6. The van der Waals surface area contributed by atoms with E-state index in [0.717, 1.165) is 13.0 Å². The molecule has 0 aliphatic heterocycles. The zero-order valence-corrected chi connectivity index (χ0v) is 10.6. The molecular formula is C10H6F5IO. The third-order valence-electron chi connectivity index (χ3n) is 2.03. The summed E-state index contributed by atoms with van der Waals surface area (Å²) >= 11 is 1.50. The number of hydrogen-bond donors (Lipinski definition) is 0. The van der Waals surface area contributed by atoms with Crippen molar-refractivity contribution in [3.63, 3.8) is 0 Å². The molecule has 0 bridgehead atoms. The Balaban J connectivity index is 3.64. The third kappa shape index (κ3) is 3.14. The molecule has 1 aromatic rings. The summed E-state index contributed by atoms with van der Waals surface area (Å²) in [5.41, 5.74) is -3.14. The molecule has 1 nitrogen and oxygen atoms in total. The van der Waals surface area contributed by atoms with Gasteiger partial charge in [0.25, 0.3) is 6.43 Å². The van der Waals surface area contributed by atoms with Gasteiger partial charge in [0.1, 0.15) is 0 Å². The van der Waals surface area contributed by atoms with Crippen molar-refractivity contribution in [2.24, 2.45) is 0 Å². The molecule has 1 rings (SSSR count). The lowest BCUT2D eigenvalue weighted by atomic mass is 9.98. The second-order valence-electron chi connectivity index (χ2n) is 3.27. The van der Waals surface area contributed by atoms with Gasteiger partial charge in [0.2, 0.25) is 0 Å². The fraction of sp³-hybridized carbons (Fsp3) is 0.300. The molecule has 0 saturated carbocycles. The van der Waals surface area contributed by atoms with Gasteiger partial charge in [0, 0.05) is 14.7 Å². The summed E-state index contributed by atoms with van der Waals surface area (Å²) in [6.07, 6.45) is -7.95. The van der Waals surface area contributed by atoms with E-state index in [1.165, 1.54) is 22.6 Å². The number of carbonyl (C=O) groups excluding carboxylic acids is 1. The molecule has 0 heterocycles. The van der Waals surface area contributed by atoms with Crippen LogP contribution >= 0.6 is 22.6 Å². The monoisotopic (exact) mass is 364 g/mol. The minimum absolute atomic E-state index is 0.00947. The van der Waals surface area contributed by atoms with Crippen LogP contribution in [0.25, 0.3) is 0 Å². The van der Waals surface area contributed by atoms with Gasteiger partial charge in [-0.2, -0.15) is 13.2 Å². The number of benzene rings is 1. The van der Waals surface area contributed by atoms with Gasteiger partial charge in [0.05, 0.1) is 5.56 Å². The highest BCUT2D eigenvalue weighted by Gasteiger charge is 2.37. The van der Waals surface area contributed by atoms with Crippen molar-refractivity contribution in [2.75, 3.05) is 0 Å². The quantitative estimate of drug-likeness (QED) is 0.431. The van der Waals surface area contributed by atoms with Gasteiger partial charge in [-0.25, -0.2) is 8.78 Å². The number of halogens is 6. The van der Waals surface area contributed by atoms with E-state index in [1.54, 1.807) is 0 Å². The highest BCUT2D eigenvalue weighted by atomic mass is 127. The van der Waals surface area contributed by atoms with Crippen molar-refractivity contribution in [1.82, 2.24) is 0 Å². The van der Waals surface area contributed by atoms with Gasteiger partial charge >= 0.3 is 6.18 Å². The van der Waals surface area contributed by atoms with Crippen LogP contribution in [0.4, 0.5) is 22.0 Å². The molecule has 0 aliphatic rings. The Morgan fingerprint density at radius 2 is 1.82 bits per heavy atom. The molecule has 0 N–H and O–H groups in total. The zero-order valence-electron chi connectivity index (χ0n) is 8.41. The lowest BCUT2D eigenvalue weighted by molar-refractivity contribution is -0.138. The van der Waals surface area contributed by atoms with Gasteiger partial charge in [0.15, 0.2) is 5.78 Å². The van der Waals surface area contributed by atoms with Crippen LogP contribution < -0.4 is 0 Å². The number of Topliss-reactive ketones (excluding diaryl/α,β-unsaturated/α-hetero) is 1. The fourth-order valence-electron chi connectivity index (χ4n) is 1.42. The maximum atomic E-state index is 12.6. The van der Waals surface area contributed by atoms with Crippen molar-refractivity contribution < 1.29 is 26.7 Å². The predicted octanol–water partition coefficient (Wildman–Crippen LogP) is 4.45. The van der Waals surface area contributed by atoms with Gasteiger partial charge in [-0.05, 0) is 41.6 Å². The highest BCUT2D eigenvalue weighted by Crippen LogP contribution is 2.37. The number of ketones is 1. The number of hydrogen-bond acceptors (Lipinski definition) is 1. The van der Waals surface area contributed by atoms with Crippen LogP contribution in [0.3, 0.4) is 0 Å². The first-order valence-electron chi connectivity index (χ1n) is 4.34. The Kier molecular flexibility index (Phi) is 4.11. The van der Waals surface area contributed by atoms with E-state index in [-0.39, 0.29) is 3.57 Å². The van der Waals surface area contributed by atoms with Gasteiger partial charge < -0.3 is 0 Å². The molecular weight excluding hydrogens is 358 g/mol. The zero-order chi connectivity index (χ0) is 13.4. The normalized spacial score (nSPS) is 12.0. The first-order valence-corrected chi connectivity index (χ1v) is 5.42. The largest absolute Gasteiger partial charge is 0.417 e. The minimum atomic E-state index is -4.83. The first kappa shape index (κ1) is 14.3. The minimum Gasteiger partial charge on any atom is -0.294 e. The number of rotatable bonds is 2. The Hall–Kier alpha value is -0.730. The Morgan fingerprint density at radius 3 is 2.18 bits per heavy atom. The Labute approximate surface area is 107 Å². The number of carbonyl (C=O) groups is 1. The van der Waals surface area contributed by atoms with Crippen LogP contribution in [0.5, 0.6) is 0 Å². The van der Waals surface area contributed by atoms with E-state index in [4.69, 9.17) is 0 Å². The molecule has 94 valence electrons. The average molecular weight is 364 g/mol. The summed E-state index contributed by atoms with van der Waals surface area (Å²) in [5.74, 6) is -1.02. The molecule has 0 amide bonds. The molecule has 0 fully saturated rings. The van der Waals surface area contributed by atoms with Gasteiger partial charge in [-0.1, -0.05) is 0 Å². The van der Waals surface area contributed by atoms with Crippen LogP contribution in [-0.4, -0.2) is 5.78 Å². The Morgan fingerprint density at radius 1 is 1.29 bits per heavy atom. The van der Waals surface area contributed by atoms with Crippen molar-refractivity contribution in [3.8, 4) is 0 Å². The van der Waals surface area contributed by atoms with Crippen LogP contribution in [0.15, 0.2) is 12.1 Å². The summed E-state index contributed by atoms with van der Waals surface area (Å²) in [7, 11) is 0. The predicted molar refractivity (Wildman–Crippen MR) is 59.1 cm³/mol. The summed E-state index contributed by atoms with van der Waals surface area (Å²) in [5, 5.41) is 0. The van der Waals surface area contributed by atoms with Crippen molar-refractivity contribution in [1.29, 1.82) is 0 Å². The summed E-state index contributed by atoms with van der Waals surface area (Å²) in [6, 6.07) is 1.57. The molecule has 0 aromatic heterocycles. The molecule has 0 atom stereocenters. The second kappa shape index (κ2) is 4.87. The summed E-state index contributed by atoms with van der Waals surface area (Å²) < 4.78 is 63.1. The molecule has 0 unspecified atom stereocenters. The van der Waals surface area contributed by atoms with E-state index < -0.39 is 35.1 Å². The topological polar surface area (TPSA) is 17.1 Å². The van der Waals surface area contributed by atoms with Crippen LogP contribution in [0.1, 0.15) is 34.8 Å². The molecule has 0 spiro atoms. The molecule has 7 heteroatoms. The van der Waals surface area contributed by atoms with Crippen molar-refractivity contribution in [2.45, 2.75) is 19.5 Å². The highest BCUT2D eigenvalue weighted by molar-refractivity contribution is 14.1. The fourth-order valence-corrected chi connectivity index (χ4v) is 2.06. The average Bonchev–Trinajstić information content (AvgIpc) is 2.14. The molecule has 17 heavy (non-hydrogen) atoms. The molecule has 0 saturated heterocycles. The molecule has 0 aliphatic carbocycles. The Bertz CT molecular complexity index is 453. The standard InChI is InChI=1S/C10H6F5IO/c1-4(17)8-6(9(11)12)2-5(16)3-7(8)10(13,14)15/h2-3,9H,1H3. The second-order valence-corrected chi connectivity index (χ2v) is 4.52. The summed E-state index contributed by atoms with van der Waals surface area (Å²) in [6.45, 7) is 0.837. The first-order chi connectivity index (χ1) is 7.64. The SMILES string of the molecule is CC(=O)c1c(C(F)F)cc(I)cc1C(F)(F)F. The number of alkyl halides is 5. The van der Waals surface area contributed by atoms with E-state index in [2.05, 4.69) is 0 Å². The van der Waals surface area contributed by atoms with Crippen LogP contribution in [-0.2, 0) is 6.18 Å².